The molecule has 0 spiro atoms. The topological polar surface area (TPSA) is 89.6 Å². The minimum Gasteiger partial charge on any atom is -0.481 e. The number of aliphatic carboxylic acids is 1. The summed E-state index contributed by atoms with van der Waals surface area (Å²) in [6.45, 7) is 1.29. The number of rotatable bonds is 7. The zero-order chi connectivity index (χ0) is 22.8. The molecule has 0 unspecified atom stereocenters. The first kappa shape index (κ1) is 22.1. The summed E-state index contributed by atoms with van der Waals surface area (Å²) in [5, 5.41) is 8.96. The van der Waals surface area contributed by atoms with Crippen molar-refractivity contribution in [2.45, 2.75) is 25.9 Å². The van der Waals surface area contributed by atoms with Gasteiger partial charge in [0.2, 0.25) is 5.91 Å². The Labute approximate surface area is 176 Å². The largest absolute Gasteiger partial charge is 0.481 e. The number of amides is 1. The Balaban J connectivity index is 2.19. The Kier molecular flexibility index (Phi) is 6.19. The summed E-state index contributed by atoms with van der Waals surface area (Å²) >= 11 is 0. The van der Waals surface area contributed by atoms with Crippen LogP contribution in [0.2, 0.25) is 0 Å². The van der Waals surface area contributed by atoms with E-state index >= 15 is 0 Å². The number of carbonyl (C=O) groups is 2. The molecule has 3 N–H and O–H groups in total. The van der Waals surface area contributed by atoms with Crippen LogP contribution in [0.1, 0.15) is 42.0 Å². The number of benzene rings is 2. The fourth-order valence-electron chi connectivity index (χ4n) is 3.71. The average Bonchev–Trinajstić information content (AvgIpc) is 2.98. The summed E-state index contributed by atoms with van der Waals surface area (Å²) < 4.78 is 44.8. The van der Waals surface area contributed by atoms with Crippen molar-refractivity contribution in [2.24, 2.45) is 5.73 Å². The van der Waals surface area contributed by atoms with Gasteiger partial charge < -0.3 is 15.6 Å². The maximum absolute atomic E-state index is 13.1. The fourth-order valence-corrected chi connectivity index (χ4v) is 3.71. The van der Waals surface area contributed by atoms with Gasteiger partial charge in [0.25, 0.3) is 0 Å². The minimum atomic E-state index is -4.47. The lowest BCUT2D eigenvalue weighted by atomic mass is 9.97. The van der Waals surface area contributed by atoms with Crippen molar-refractivity contribution < 1.29 is 32.6 Å². The zero-order valence-electron chi connectivity index (χ0n) is 16.6. The number of primary amides is 1. The molecule has 2 aromatic rings. The Morgan fingerprint density at radius 1 is 1.13 bits per heavy atom. The summed E-state index contributed by atoms with van der Waals surface area (Å²) in [5.41, 5.74) is 8.18. The van der Waals surface area contributed by atoms with Crippen LogP contribution in [0, 0.1) is 0 Å². The zero-order valence-corrected chi connectivity index (χ0v) is 16.6. The number of nitrogens with two attached hydrogens (primary N) is 1. The van der Waals surface area contributed by atoms with Crippen LogP contribution in [0.4, 0.5) is 13.2 Å². The number of hydrogen-bond acceptors (Lipinski definition) is 3. The van der Waals surface area contributed by atoms with Crippen molar-refractivity contribution in [1.82, 2.24) is 0 Å². The number of carbonyl (C=O) groups excluding carboxylic acids is 1. The van der Waals surface area contributed by atoms with Gasteiger partial charge in [0.05, 0.1) is 12.0 Å². The highest BCUT2D eigenvalue weighted by Gasteiger charge is 2.31. The van der Waals surface area contributed by atoms with Gasteiger partial charge in [-0.1, -0.05) is 31.2 Å². The summed E-state index contributed by atoms with van der Waals surface area (Å²) in [5.74, 6) is -1.47. The second-order valence-electron chi connectivity index (χ2n) is 7.00. The molecule has 1 aliphatic carbocycles. The fraction of sp³-hybridized carbons (Fsp3) is 0.217. The molecular weight excluding hydrogens is 411 g/mol. The highest BCUT2D eigenvalue weighted by Crippen LogP contribution is 2.48. The van der Waals surface area contributed by atoms with E-state index in [2.05, 4.69) is 0 Å². The summed E-state index contributed by atoms with van der Waals surface area (Å²) in [4.78, 5) is 22.7. The molecule has 0 aliphatic heterocycles. The number of hydrogen-bond donors (Lipinski definition) is 2. The van der Waals surface area contributed by atoms with E-state index in [1.165, 1.54) is 6.07 Å². The van der Waals surface area contributed by atoms with E-state index in [0.717, 1.165) is 17.7 Å². The maximum Gasteiger partial charge on any atom is 0.416 e. The number of carboxylic acids is 1. The predicted molar refractivity (Wildman–Crippen MR) is 110 cm³/mol. The maximum atomic E-state index is 13.1. The van der Waals surface area contributed by atoms with Crippen LogP contribution in [0.25, 0.3) is 17.2 Å². The Hall–Kier alpha value is -3.55. The molecule has 3 rings (SSSR count). The van der Waals surface area contributed by atoms with Gasteiger partial charge in [-0.2, -0.15) is 13.2 Å². The number of fused-ring (bicyclic) bond motifs is 1. The lowest BCUT2D eigenvalue weighted by Crippen LogP contribution is -2.13. The first-order valence-electron chi connectivity index (χ1n) is 9.49. The Morgan fingerprint density at radius 2 is 1.84 bits per heavy atom. The monoisotopic (exact) mass is 431 g/mol. The molecule has 0 saturated heterocycles. The molecule has 0 aromatic heterocycles. The normalized spacial score (nSPS) is 14.6. The van der Waals surface area contributed by atoms with Crippen LogP contribution < -0.4 is 10.5 Å². The van der Waals surface area contributed by atoms with Crippen molar-refractivity contribution in [3.8, 4) is 5.75 Å². The van der Waals surface area contributed by atoms with Gasteiger partial charge in [0.15, 0.2) is 6.61 Å². The predicted octanol–water partition coefficient (Wildman–Crippen LogP) is 4.76. The molecule has 8 heteroatoms. The molecule has 0 heterocycles. The molecule has 0 radical (unpaired) electrons. The smallest absolute Gasteiger partial charge is 0.416 e. The molecule has 162 valence electrons. The van der Waals surface area contributed by atoms with Gasteiger partial charge >= 0.3 is 12.1 Å². The molecule has 0 bridgehead atoms. The van der Waals surface area contributed by atoms with E-state index < -0.39 is 30.2 Å². The van der Waals surface area contributed by atoms with E-state index in [-0.39, 0.29) is 12.2 Å². The summed E-state index contributed by atoms with van der Waals surface area (Å²) in [6.07, 6.45) is -2.47. The minimum absolute atomic E-state index is 0.108. The van der Waals surface area contributed by atoms with Gasteiger partial charge in [-0.15, -0.1) is 0 Å². The molecule has 0 fully saturated rings. The van der Waals surface area contributed by atoms with Crippen molar-refractivity contribution in [2.75, 3.05) is 6.61 Å². The summed E-state index contributed by atoms with van der Waals surface area (Å²) in [7, 11) is 0. The van der Waals surface area contributed by atoms with E-state index in [1.807, 2.05) is 6.92 Å². The van der Waals surface area contributed by atoms with Gasteiger partial charge in [0.1, 0.15) is 5.75 Å². The molecule has 0 saturated carbocycles. The Bertz CT molecular complexity index is 1100. The molecule has 1 aliphatic rings. The van der Waals surface area contributed by atoms with Crippen LogP contribution in [0.3, 0.4) is 0 Å². The molecule has 0 atom stereocenters. The van der Waals surface area contributed by atoms with E-state index in [0.29, 0.717) is 34.3 Å². The van der Waals surface area contributed by atoms with Crippen LogP contribution in [-0.2, 0) is 15.8 Å². The van der Waals surface area contributed by atoms with E-state index in [4.69, 9.17) is 15.6 Å². The van der Waals surface area contributed by atoms with Crippen molar-refractivity contribution in [3.05, 3.63) is 70.3 Å². The summed E-state index contributed by atoms with van der Waals surface area (Å²) in [6, 6.07) is 9.95. The molecule has 31 heavy (non-hydrogen) atoms. The SMILES string of the molecule is CCC1=C(CC(N)=O)c2c(OCC(=O)O)cccc2C1=Cc1cccc(C(F)(F)F)c1. The number of ether oxygens (including phenoxy) is 1. The first-order chi connectivity index (χ1) is 14.6. The molecule has 2 aromatic carbocycles. The molecule has 5 nitrogen and oxygen atoms in total. The highest BCUT2D eigenvalue weighted by molar-refractivity contribution is 6.09. The average molecular weight is 431 g/mol. The van der Waals surface area contributed by atoms with Crippen LogP contribution in [0.15, 0.2) is 48.0 Å². The van der Waals surface area contributed by atoms with Crippen LogP contribution >= 0.6 is 0 Å². The third-order valence-electron chi connectivity index (χ3n) is 4.89. The molecular formula is C23H20F3NO4. The quantitative estimate of drug-likeness (QED) is 0.661. The second kappa shape index (κ2) is 8.67. The third kappa shape index (κ3) is 4.79. The number of allylic oxidation sites excluding steroid dienone is 2. The van der Waals surface area contributed by atoms with Crippen LogP contribution in [-0.4, -0.2) is 23.6 Å². The first-order valence-corrected chi connectivity index (χ1v) is 9.49. The number of alkyl halides is 3. The Morgan fingerprint density at radius 3 is 2.45 bits per heavy atom. The van der Waals surface area contributed by atoms with E-state index in [9.17, 15) is 22.8 Å². The standard InChI is InChI=1S/C23H20F3NO4/c1-2-15-17(10-13-5-3-6-14(9-13)23(24,25)26)16-7-4-8-19(31-12-21(29)30)22(16)18(15)11-20(27)28/h3-10H,2,11-12H2,1H3,(H2,27,28)(H,29,30). The van der Waals surface area contributed by atoms with E-state index in [1.54, 1.807) is 30.3 Å². The van der Waals surface area contributed by atoms with Gasteiger partial charge in [-0.25, -0.2) is 4.79 Å². The number of carboxylic acid groups (broad SMARTS) is 1. The van der Waals surface area contributed by atoms with Crippen LogP contribution in [0.5, 0.6) is 5.75 Å². The van der Waals surface area contributed by atoms with Gasteiger partial charge in [-0.05, 0) is 58.5 Å². The second-order valence-corrected chi connectivity index (χ2v) is 7.00. The third-order valence-corrected chi connectivity index (χ3v) is 4.89. The van der Waals surface area contributed by atoms with Crippen molar-refractivity contribution in [1.29, 1.82) is 0 Å². The highest BCUT2D eigenvalue weighted by atomic mass is 19.4. The van der Waals surface area contributed by atoms with Gasteiger partial charge in [-0.3, -0.25) is 4.79 Å². The lowest BCUT2D eigenvalue weighted by molar-refractivity contribution is -0.139. The molecule has 1 amide bonds. The number of halogens is 3. The van der Waals surface area contributed by atoms with Gasteiger partial charge in [0, 0.05) is 5.56 Å². The lowest BCUT2D eigenvalue weighted by Gasteiger charge is -2.12. The van der Waals surface area contributed by atoms with Crippen molar-refractivity contribution in [3.63, 3.8) is 0 Å². The van der Waals surface area contributed by atoms with Crippen molar-refractivity contribution >= 4 is 29.1 Å².